The number of tetrazole rings is 1. The number of hydrogen-bond donors (Lipinski definition) is 1. The van der Waals surface area contributed by atoms with Crippen molar-refractivity contribution in [1.29, 1.82) is 0 Å². The molecule has 0 spiro atoms. The fraction of sp³-hybridized carbons (Fsp3) is 0.167. The Labute approximate surface area is 168 Å². The highest BCUT2D eigenvalue weighted by Crippen LogP contribution is 2.28. The molecule has 1 N–H and O–H groups in total. The van der Waals surface area contributed by atoms with E-state index < -0.39 is 5.69 Å². The smallest absolute Gasteiger partial charge is 0.300 e. The average Bonchev–Trinajstić information content (AvgIpc) is 3.40. The summed E-state index contributed by atoms with van der Waals surface area (Å²) in [6.07, 6.45) is 0. The van der Waals surface area contributed by atoms with Crippen LogP contribution in [0.4, 0.5) is 5.13 Å². The van der Waals surface area contributed by atoms with Crippen molar-refractivity contribution in [2.45, 2.75) is 20.4 Å². The number of thiophene rings is 1. The van der Waals surface area contributed by atoms with Crippen LogP contribution < -0.4 is 11.0 Å². The lowest BCUT2D eigenvalue weighted by Crippen LogP contribution is -2.29. The van der Waals surface area contributed by atoms with Crippen LogP contribution in [0.5, 0.6) is 0 Å². The molecule has 0 unspecified atom stereocenters. The summed E-state index contributed by atoms with van der Waals surface area (Å²) in [4.78, 5) is 29.1. The first-order chi connectivity index (χ1) is 13.5. The molecule has 0 aliphatic rings. The Morgan fingerprint density at radius 2 is 2.04 bits per heavy atom. The van der Waals surface area contributed by atoms with E-state index in [1.807, 2.05) is 36.7 Å². The molecule has 1 aromatic carbocycles. The molecule has 4 aromatic rings. The number of thiazole rings is 1. The summed E-state index contributed by atoms with van der Waals surface area (Å²) in [5, 5.41) is 15.2. The standard InChI is InChI=1S/C18H16N6O2S2/c1-11-5-6-12(2)13(8-11)14-10-28-17(19-14)20-15(25)9-23-18(26)24(22-21-23)16-4-3-7-27-16/h3-8,10H,9H2,1-2H3,(H,19,20,25). The summed E-state index contributed by atoms with van der Waals surface area (Å²) in [5.74, 6) is -0.387. The third kappa shape index (κ3) is 3.64. The lowest BCUT2D eigenvalue weighted by Gasteiger charge is -2.04. The first-order valence-electron chi connectivity index (χ1n) is 8.41. The minimum atomic E-state index is -0.465. The van der Waals surface area contributed by atoms with Crippen LogP contribution in [-0.2, 0) is 11.3 Å². The maximum atomic E-state index is 12.3. The summed E-state index contributed by atoms with van der Waals surface area (Å²) in [6.45, 7) is 3.82. The van der Waals surface area contributed by atoms with Gasteiger partial charge in [0, 0.05) is 10.9 Å². The predicted molar refractivity (Wildman–Crippen MR) is 109 cm³/mol. The maximum absolute atomic E-state index is 12.3. The zero-order valence-electron chi connectivity index (χ0n) is 15.1. The lowest BCUT2D eigenvalue weighted by molar-refractivity contribution is -0.117. The van der Waals surface area contributed by atoms with Gasteiger partial charge < -0.3 is 5.32 Å². The number of amides is 1. The quantitative estimate of drug-likeness (QED) is 0.544. The monoisotopic (exact) mass is 412 g/mol. The van der Waals surface area contributed by atoms with Crippen molar-refractivity contribution in [3.8, 4) is 16.3 Å². The van der Waals surface area contributed by atoms with Crippen LogP contribution in [0.15, 0.2) is 45.9 Å². The van der Waals surface area contributed by atoms with E-state index in [2.05, 4.69) is 32.9 Å². The van der Waals surface area contributed by atoms with Crippen molar-refractivity contribution >= 4 is 33.7 Å². The second kappa shape index (κ2) is 7.49. The maximum Gasteiger partial charge on any atom is 0.369 e. The number of nitrogens with zero attached hydrogens (tertiary/aromatic N) is 5. The summed E-state index contributed by atoms with van der Waals surface area (Å²) >= 11 is 2.70. The third-order valence-corrected chi connectivity index (χ3v) is 5.67. The van der Waals surface area contributed by atoms with E-state index in [0.717, 1.165) is 27.1 Å². The first-order valence-corrected chi connectivity index (χ1v) is 10.2. The van der Waals surface area contributed by atoms with Crippen LogP contribution >= 0.6 is 22.7 Å². The van der Waals surface area contributed by atoms with Gasteiger partial charge in [-0.1, -0.05) is 17.7 Å². The van der Waals surface area contributed by atoms with E-state index in [1.54, 1.807) is 6.07 Å². The number of nitrogens with one attached hydrogen (secondary N) is 1. The summed E-state index contributed by atoms with van der Waals surface area (Å²) < 4.78 is 2.19. The minimum absolute atomic E-state index is 0.234. The second-order valence-electron chi connectivity index (χ2n) is 6.19. The molecule has 10 heteroatoms. The van der Waals surface area contributed by atoms with Crippen LogP contribution in [0.1, 0.15) is 11.1 Å². The van der Waals surface area contributed by atoms with Gasteiger partial charge in [0.25, 0.3) is 0 Å². The van der Waals surface area contributed by atoms with Crippen LogP contribution in [0, 0.1) is 13.8 Å². The molecule has 3 aromatic heterocycles. The van der Waals surface area contributed by atoms with Crippen molar-refractivity contribution in [3.05, 3.63) is 62.7 Å². The fourth-order valence-electron chi connectivity index (χ4n) is 2.66. The highest BCUT2D eigenvalue weighted by molar-refractivity contribution is 7.14. The molecular weight excluding hydrogens is 396 g/mol. The normalized spacial score (nSPS) is 10.9. The van der Waals surface area contributed by atoms with Gasteiger partial charge in [-0.3, -0.25) is 4.79 Å². The zero-order chi connectivity index (χ0) is 19.7. The second-order valence-corrected chi connectivity index (χ2v) is 7.97. The SMILES string of the molecule is Cc1ccc(C)c(-c2csc(NC(=O)Cn3nnn(-c4cccs4)c3=O)n2)c1. The van der Waals surface area contributed by atoms with Gasteiger partial charge in [0.05, 0.1) is 5.69 Å². The summed E-state index contributed by atoms with van der Waals surface area (Å²) in [7, 11) is 0. The molecule has 0 atom stereocenters. The summed E-state index contributed by atoms with van der Waals surface area (Å²) in [6, 6.07) is 9.74. The molecule has 4 rings (SSSR count). The molecule has 28 heavy (non-hydrogen) atoms. The number of anilines is 1. The Balaban J connectivity index is 1.47. The van der Waals surface area contributed by atoms with Crippen molar-refractivity contribution in [2.75, 3.05) is 5.32 Å². The fourth-order valence-corrected chi connectivity index (χ4v) is 4.06. The summed E-state index contributed by atoms with van der Waals surface area (Å²) in [5.41, 5.74) is 3.64. The first kappa shape index (κ1) is 18.3. The minimum Gasteiger partial charge on any atom is -0.300 e. The zero-order valence-corrected chi connectivity index (χ0v) is 16.8. The Hall–Kier alpha value is -3.11. The van der Waals surface area contributed by atoms with Gasteiger partial charge in [0.2, 0.25) is 5.91 Å². The number of benzene rings is 1. The number of carbonyl (C=O) groups is 1. The van der Waals surface area contributed by atoms with Gasteiger partial charge >= 0.3 is 5.69 Å². The van der Waals surface area contributed by atoms with Crippen molar-refractivity contribution < 1.29 is 4.79 Å². The lowest BCUT2D eigenvalue weighted by atomic mass is 10.0. The number of carbonyl (C=O) groups excluding carboxylic acids is 1. The van der Waals surface area contributed by atoms with E-state index in [4.69, 9.17) is 0 Å². The van der Waals surface area contributed by atoms with Crippen molar-refractivity contribution in [3.63, 3.8) is 0 Å². The predicted octanol–water partition coefficient (Wildman–Crippen LogP) is 2.87. The Morgan fingerprint density at radius 1 is 1.18 bits per heavy atom. The van der Waals surface area contributed by atoms with Gasteiger partial charge in [-0.25, -0.2) is 9.78 Å². The van der Waals surface area contributed by atoms with Gasteiger partial charge in [-0.2, -0.15) is 9.36 Å². The van der Waals surface area contributed by atoms with Gasteiger partial charge in [0.15, 0.2) is 5.13 Å². The van der Waals surface area contributed by atoms with Gasteiger partial charge in [-0.05, 0) is 53.4 Å². The number of aryl methyl sites for hydroxylation is 2. The number of rotatable bonds is 5. The van der Waals surface area contributed by atoms with E-state index in [-0.39, 0.29) is 12.5 Å². The number of hydrogen-bond acceptors (Lipinski definition) is 7. The van der Waals surface area contributed by atoms with Crippen LogP contribution in [0.2, 0.25) is 0 Å². The van der Waals surface area contributed by atoms with Gasteiger partial charge in [0.1, 0.15) is 11.5 Å². The molecule has 0 bridgehead atoms. The van der Waals surface area contributed by atoms with Gasteiger partial charge in [-0.15, -0.1) is 22.7 Å². The third-order valence-electron chi connectivity index (χ3n) is 4.07. The topological polar surface area (TPSA) is 94.7 Å². The molecule has 142 valence electrons. The molecule has 1 amide bonds. The van der Waals surface area contributed by atoms with Crippen LogP contribution in [-0.4, -0.2) is 30.7 Å². The molecule has 3 heterocycles. The molecule has 0 radical (unpaired) electrons. The molecule has 8 nitrogen and oxygen atoms in total. The van der Waals surface area contributed by atoms with Crippen molar-refractivity contribution in [1.82, 2.24) is 24.8 Å². The average molecular weight is 413 g/mol. The van der Waals surface area contributed by atoms with E-state index in [1.165, 1.54) is 27.4 Å². The molecule has 0 saturated heterocycles. The number of aromatic nitrogens is 5. The molecule has 0 aliphatic heterocycles. The van der Waals surface area contributed by atoms with E-state index in [9.17, 15) is 9.59 Å². The highest BCUT2D eigenvalue weighted by Gasteiger charge is 2.14. The van der Waals surface area contributed by atoms with E-state index >= 15 is 0 Å². The molecule has 0 aliphatic carbocycles. The van der Waals surface area contributed by atoms with E-state index in [0.29, 0.717) is 10.1 Å². The Bertz CT molecular complexity index is 1190. The van der Waals surface area contributed by atoms with Crippen LogP contribution in [0.25, 0.3) is 16.3 Å². The molecule has 0 fully saturated rings. The van der Waals surface area contributed by atoms with Crippen molar-refractivity contribution in [2.24, 2.45) is 0 Å². The Morgan fingerprint density at radius 3 is 2.82 bits per heavy atom. The molecule has 0 saturated carbocycles. The Kier molecular flexibility index (Phi) is 4.88. The largest absolute Gasteiger partial charge is 0.369 e. The van der Waals surface area contributed by atoms with Crippen LogP contribution in [0.3, 0.4) is 0 Å². The highest BCUT2D eigenvalue weighted by atomic mass is 32.1. The molecular formula is C18H16N6O2S2.